The van der Waals surface area contributed by atoms with Crippen LogP contribution in [0.4, 0.5) is 5.69 Å². The summed E-state index contributed by atoms with van der Waals surface area (Å²) in [6, 6.07) is 16.4. The lowest BCUT2D eigenvalue weighted by Crippen LogP contribution is -2.59. The van der Waals surface area contributed by atoms with Gasteiger partial charge in [0.15, 0.2) is 5.17 Å². The molecule has 1 saturated heterocycles. The van der Waals surface area contributed by atoms with E-state index in [4.69, 9.17) is 9.73 Å². The molecule has 2 bridgehead atoms. The number of aliphatic imine (C=N–C) groups is 1. The first kappa shape index (κ1) is 16.4. The number of rotatable bonds is 2. The second-order valence-electron chi connectivity index (χ2n) is 6.92. The molecule has 3 aliphatic heterocycles. The molecule has 3 heterocycles. The number of nitrogens with one attached hydrogen (secondary N) is 1. The van der Waals surface area contributed by atoms with E-state index in [2.05, 4.69) is 5.32 Å². The van der Waals surface area contributed by atoms with Crippen molar-refractivity contribution in [1.82, 2.24) is 4.90 Å². The minimum Gasteiger partial charge on any atom is -0.465 e. The normalized spacial score (nSPS) is 28.0. The maximum Gasteiger partial charge on any atom is 0.239 e. The molecule has 0 aromatic heterocycles. The Labute approximate surface area is 160 Å². The summed E-state index contributed by atoms with van der Waals surface area (Å²) < 4.78 is 6.21. The molecule has 3 atom stereocenters. The zero-order chi connectivity index (χ0) is 18.6. The van der Waals surface area contributed by atoms with Gasteiger partial charge in [-0.05, 0) is 25.1 Å². The van der Waals surface area contributed by atoms with E-state index in [1.807, 2.05) is 61.5 Å². The number of hydrogen-bond acceptors (Lipinski definition) is 5. The van der Waals surface area contributed by atoms with E-state index in [9.17, 15) is 9.59 Å². The summed E-state index contributed by atoms with van der Waals surface area (Å²) in [4.78, 5) is 32.2. The highest BCUT2D eigenvalue weighted by atomic mass is 32.2. The first-order valence-electron chi connectivity index (χ1n) is 8.75. The monoisotopic (exact) mass is 379 g/mol. The number of amidine groups is 1. The Balaban J connectivity index is 1.63. The Kier molecular flexibility index (Phi) is 3.55. The zero-order valence-electron chi connectivity index (χ0n) is 14.6. The lowest BCUT2D eigenvalue weighted by molar-refractivity contribution is -0.139. The van der Waals surface area contributed by atoms with Crippen LogP contribution in [0.25, 0.3) is 0 Å². The number of para-hydroxylation sites is 2. The van der Waals surface area contributed by atoms with Crippen LogP contribution in [0.15, 0.2) is 59.6 Å². The number of amides is 2. The van der Waals surface area contributed by atoms with Crippen LogP contribution in [0.3, 0.4) is 0 Å². The molecular formula is C20H17N3O3S. The smallest absolute Gasteiger partial charge is 0.239 e. The quantitative estimate of drug-likeness (QED) is 0.871. The van der Waals surface area contributed by atoms with Gasteiger partial charge in [0.25, 0.3) is 0 Å². The van der Waals surface area contributed by atoms with Crippen molar-refractivity contribution >= 4 is 34.4 Å². The summed E-state index contributed by atoms with van der Waals surface area (Å²) >= 11 is 1.40. The Morgan fingerprint density at radius 1 is 1.22 bits per heavy atom. The number of fused-ring (bicyclic) bond motifs is 6. The maximum absolute atomic E-state index is 13.3. The Morgan fingerprint density at radius 2 is 1.96 bits per heavy atom. The molecule has 2 aromatic carbocycles. The van der Waals surface area contributed by atoms with Crippen LogP contribution < -0.4 is 10.1 Å². The topological polar surface area (TPSA) is 71.0 Å². The molecule has 7 heteroatoms. The van der Waals surface area contributed by atoms with Crippen molar-refractivity contribution in [1.29, 1.82) is 0 Å². The molecule has 3 aliphatic rings. The van der Waals surface area contributed by atoms with Crippen molar-refractivity contribution < 1.29 is 14.3 Å². The summed E-state index contributed by atoms with van der Waals surface area (Å²) in [5.74, 6) is 0.108. The van der Waals surface area contributed by atoms with Crippen molar-refractivity contribution in [2.45, 2.75) is 18.7 Å². The molecule has 0 radical (unpaired) electrons. The molecule has 2 amide bonds. The Bertz CT molecular complexity index is 977. The molecule has 0 aliphatic carbocycles. The third kappa shape index (κ3) is 2.45. The number of thioether (sulfide) groups is 1. The first-order chi connectivity index (χ1) is 13.1. The molecule has 27 heavy (non-hydrogen) atoms. The van der Waals surface area contributed by atoms with Gasteiger partial charge in [-0.2, -0.15) is 0 Å². The minimum absolute atomic E-state index is 0.0278. The van der Waals surface area contributed by atoms with Gasteiger partial charge in [-0.3, -0.25) is 14.5 Å². The molecule has 1 fully saturated rings. The van der Waals surface area contributed by atoms with E-state index >= 15 is 0 Å². The highest BCUT2D eigenvalue weighted by Gasteiger charge is 2.59. The van der Waals surface area contributed by atoms with Crippen molar-refractivity contribution in [3.05, 3.63) is 60.2 Å². The van der Waals surface area contributed by atoms with Crippen molar-refractivity contribution in [2.75, 3.05) is 11.1 Å². The molecular weight excluding hydrogens is 362 g/mol. The molecule has 5 rings (SSSR count). The van der Waals surface area contributed by atoms with E-state index < -0.39 is 17.7 Å². The van der Waals surface area contributed by atoms with Crippen LogP contribution in [0.2, 0.25) is 0 Å². The summed E-state index contributed by atoms with van der Waals surface area (Å²) in [5.41, 5.74) is 0.474. The van der Waals surface area contributed by atoms with Gasteiger partial charge in [-0.15, -0.1) is 0 Å². The average molecular weight is 379 g/mol. The summed E-state index contributed by atoms with van der Waals surface area (Å²) in [6.45, 7) is 1.82. The van der Waals surface area contributed by atoms with Gasteiger partial charge < -0.3 is 10.1 Å². The van der Waals surface area contributed by atoms with E-state index in [1.54, 1.807) is 4.90 Å². The fourth-order valence-corrected chi connectivity index (χ4v) is 5.00. The standard InChI is InChI=1S/C20H17N3O3S/c1-20-16(18(25)21-12-7-3-2-4-8-12)17(13-9-5-6-10-14(13)26-20)23-15(24)11-27-19(23)22-20/h2-10,16-17H,11H2,1H3,(H,21,25)/t16-,17+,20-/m1/s1. The Hall–Kier alpha value is -2.80. The van der Waals surface area contributed by atoms with Crippen LogP contribution >= 0.6 is 11.8 Å². The molecule has 0 spiro atoms. The van der Waals surface area contributed by atoms with Gasteiger partial charge in [0.05, 0.1) is 11.8 Å². The summed E-state index contributed by atoms with van der Waals surface area (Å²) in [5, 5.41) is 3.59. The van der Waals surface area contributed by atoms with Crippen LogP contribution in [0.1, 0.15) is 18.5 Å². The predicted octanol–water partition coefficient (Wildman–Crippen LogP) is 3.04. The molecule has 6 nitrogen and oxygen atoms in total. The second kappa shape index (κ2) is 5.85. The van der Waals surface area contributed by atoms with Crippen molar-refractivity contribution in [3.63, 3.8) is 0 Å². The lowest BCUT2D eigenvalue weighted by Gasteiger charge is -2.49. The van der Waals surface area contributed by atoms with Gasteiger partial charge in [-0.25, -0.2) is 4.99 Å². The highest BCUT2D eigenvalue weighted by Crippen LogP contribution is 2.52. The number of nitrogens with zero attached hydrogens (tertiary/aromatic N) is 2. The second-order valence-corrected chi connectivity index (χ2v) is 7.86. The van der Waals surface area contributed by atoms with Crippen LogP contribution in [0, 0.1) is 5.92 Å². The number of hydrogen-bond donors (Lipinski definition) is 1. The third-order valence-electron chi connectivity index (χ3n) is 5.17. The summed E-state index contributed by atoms with van der Waals surface area (Å²) in [7, 11) is 0. The van der Waals surface area contributed by atoms with Crippen LogP contribution in [-0.2, 0) is 9.59 Å². The predicted molar refractivity (Wildman–Crippen MR) is 104 cm³/mol. The van der Waals surface area contributed by atoms with Crippen LogP contribution in [-0.4, -0.2) is 33.4 Å². The SMILES string of the molecule is C[C@@]12N=C3SCC(=O)N3[C@@H](c3ccccc3O1)[C@@H]2C(=O)Nc1ccccc1. The minimum atomic E-state index is -1.07. The molecule has 136 valence electrons. The fraction of sp³-hybridized carbons (Fsp3) is 0.250. The fourth-order valence-electron chi connectivity index (χ4n) is 4.01. The molecule has 0 saturated carbocycles. The number of benzene rings is 2. The average Bonchev–Trinajstić information content (AvgIpc) is 3.01. The van der Waals surface area contributed by atoms with E-state index in [0.29, 0.717) is 22.4 Å². The van der Waals surface area contributed by atoms with E-state index in [1.165, 1.54) is 11.8 Å². The maximum atomic E-state index is 13.3. The zero-order valence-corrected chi connectivity index (χ0v) is 15.4. The number of ether oxygens (including phenoxy) is 1. The van der Waals surface area contributed by atoms with Gasteiger partial charge in [0, 0.05) is 11.3 Å². The lowest BCUT2D eigenvalue weighted by atomic mass is 9.79. The molecule has 0 unspecified atom stereocenters. The third-order valence-corrected chi connectivity index (χ3v) is 6.10. The number of anilines is 1. The van der Waals surface area contributed by atoms with Gasteiger partial charge in [-0.1, -0.05) is 48.2 Å². The summed E-state index contributed by atoms with van der Waals surface area (Å²) in [6.07, 6.45) is 0. The van der Waals surface area contributed by atoms with Crippen molar-refractivity contribution in [3.8, 4) is 5.75 Å². The van der Waals surface area contributed by atoms with Gasteiger partial charge in [0.2, 0.25) is 17.5 Å². The largest absolute Gasteiger partial charge is 0.465 e. The van der Waals surface area contributed by atoms with Crippen molar-refractivity contribution in [2.24, 2.45) is 10.9 Å². The first-order valence-corrected chi connectivity index (χ1v) is 9.74. The Morgan fingerprint density at radius 3 is 2.78 bits per heavy atom. The van der Waals surface area contributed by atoms with Gasteiger partial charge in [0.1, 0.15) is 11.7 Å². The van der Waals surface area contributed by atoms with Crippen LogP contribution in [0.5, 0.6) is 5.75 Å². The van der Waals surface area contributed by atoms with E-state index in [0.717, 1.165) is 5.56 Å². The van der Waals surface area contributed by atoms with Gasteiger partial charge >= 0.3 is 0 Å². The molecule has 1 N–H and O–H groups in total. The van der Waals surface area contributed by atoms with E-state index in [-0.39, 0.29) is 11.8 Å². The number of carbonyl (C=O) groups is 2. The number of carbonyl (C=O) groups excluding carboxylic acids is 2. The highest BCUT2D eigenvalue weighted by molar-refractivity contribution is 8.15. The molecule has 2 aromatic rings.